The molecule has 0 saturated carbocycles. The van der Waals surface area contributed by atoms with Crippen LogP contribution >= 0.6 is 11.6 Å². The van der Waals surface area contributed by atoms with Gasteiger partial charge in [0.25, 0.3) is 0 Å². The van der Waals surface area contributed by atoms with E-state index in [-0.39, 0.29) is 28.3 Å². The molecule has 0 aliphatic carbocycles. The number of likely N-dealkylation sites (tertiary alicyclic amines) is 1. The van der Waals surface area contributed by atoms with Gasteiger partial charge in [0.1, 0.15) is 17.7 Å². The molecular weight excluding hydrogens is 421 g/mol. The Balaban J connectivity index is 1.67. The predicted octanol–water partition coefficient (Wildman–Crippen LogP) is 4.20. The third-order valence-electron chi connectivity index (χ3n) is 4.94. The van der Waals surface area contributed by atoms with E-state index in [0.717, 1.165) is 0 Å². The number of nitrogens with zero attached hydrogens (tertiary/aromatic N) is 4. The number of carbonyl (C=O) groups is 1. The number of aromatic nitrogens is 2. The lowest BCUT2D eigenvalue weighted by molar-refractivity contribution is -0.125. The first-order chi connectivity index (χ1) is 15.0. The zero-order valence-corrected chi connectivity index (χ0v) is 17.1. The van der Waals surface area contributed by atoms with Crippen LogP contribution < -0.4 is 10.1 Å². The average molecular weight is 438 g/mol. The van der Waals surface area contributed by atoms with Gasteiger partial charge >= 0.3 is 0 Å². The summed E-state index contributed by atoms with van der Waals surface area (Å²) in [5.74, 6) is -0.462. The molecule has 1 N–H and O–H groups in total. The number of nitriles is 1. The number of carbonyl (C=O) groups excluding carboxylic acids is 1. The molecule has 156 valence electrons. The SMILES string of the molecule is C=CC(=O)N1CCC(Oc2ccc3ncc(C#N)c(Nc4cccc(Cl)c4F)c3n2)C1. The number of hydrogen-bond donors (Lipinski definition) is 1. The molecular formula is C22H17ClFN5O2. The Morgan fingerprint density at radius 2 is 2.26 bits per heavy atom. The van der Waals surface area contributed by atoms with E-state index in [1.807, 2.05) is 6.07 Å². The molecule has 3 aromatic rings. The fraction of sp³-hybridized carbons (Fsp3) is 0.182. The summed E-state index contributed by atoms with van der Waals surface area (Å²) >= 11 is 5.87. The summed E-state index contributed by atoms with van der Waals surface area (Å²) in [6.45, 7) is 4.50. The quantitative estimate of drug-likeness (QED) is 0.601. The Hall–Kier alpha value is -3.70. The second-order valence-electron chi connectivity index (χ2n) is 6.92. The van der Waals surface area contributed by atoms with Crippen molar-refractivity contribution in [2.75, 3.05) is 18.4 Å². The highest BCUT2D eigenvalue weighted by Crippen LogP contribution is 2.32. The Kier molecular flexibility index (Phi) is 5.69. The normalized spacial score (nSPS) is 15.5. The van der Waals surface area contributed by atoms with E-state index in [2.05, 4.69) is 21.9 Å². The molecule has 1 aliphatic heterocycles. The van der Waals surface area contributed by atoms with Gasteiger partial charge in [0.15, 0.2) is 5.82 Å². The van der Waals surface area contributed by atoms with Crippen LogP contribution in [0.3, 0.4) is 0 Å². The maximum atomic E-state index is 14.4. The number of ether oxygens (including phenoxy) is 1. The molecule has 1 aliphatic rings. The van der Waals surface area contributed by atoms with Crippen molar-refractivity contribution in [2.24, 2.45) is 0 Å². The molecule has 1 fully saturated rings. The molecule has 9 heteroatoms. The summed E-state index contributed by atoms with van der Waals surface area (Å²) in [7, 11) is 0. The van der Waals surface area contributed by atoms with Crippen LogP contribution in [0.2, 0.25) is 5.02 Å². The van der Waals surface area contributed by atoms with Gasteiger partial charge in [-0.3, -0.25) is 9.78 Å². The maximum absolute atomic E-state index is 14.4. The number of amides is 1. The molecule has 0 radical (unpaired) electrons. The molecule has 1 aromatic carbocycles. The van der Waals surface area contributed by atoms with Gasteiger partial charge in [0, 0.05) is 25.2 Å². The first-order valence-corrected chi connectivity index (χ1v) is 9.87. The molecule has 3 heterocycles. The van der Waals surface area contributed by atoms with E-state index in [9.17, 15) is 14.4 Å². The number of fused-ring (bicyclic) bond motifs is 1. The van der Waals surface area contributed by atoms with Crippen LogP contribution in [0.5, 0.6) is 5.88 Å². The van der Waals surface area contributed by atoms with Crippen LogP contribution in [0.1, 0.15) is 12.0 Å². The standard InChI is InChI=1S/C22H17ClFN5O2/c1-2-19(30)29-9-8-14(12-29)31-18-7-6-17-22(28-18)21(13(10-25)11-26-17)27-16-5-3-4-15(23)20(16)24/h2-7,11,14H,1,8-9,12H2,(H,26,27). The van der Waals surface area contributed by atoms with Crippen LogP contribution in [-0.2, 0) is 4.79 Å². The first kappa shape index (κ1) is 20.6. The Morgan fingerprint density at radius 3 is 3.03 bits per heavy atom. The van der Waals surface area contributed by atoms with Crippen LogP contribution in [0.25, 0.3) is 11.0 Å². The number of halogens is 2. The minimum atomic E-state index is -0.636. The van der Waals surface area contributed by atoms with E-state index >= 15 is 0 Å². The van der Waals surface area contributed by atoms with Crippen molar-refractivity contribution in [3.63, 3.8) is 0 Å². The fourth-order valence-corrected chi connectivity index (χ4v) is 3.56. The molecule has 2 aromatic heterocycles. The van der Waals surface area contributed by atoms with Crippen LogP contribution in [-0.4, -0.2) is 40.0 Å². The third-order valence-corrected chi connectivity index (χ3v) is 5.23. The number of benzene rings is 1. The zero-order valence-electron chi connectivity index (χ0n) is 16.3. The van der Waals surface area contributed by atoms with Crippen molar-refractivity contribution < 1.29 is 13.9 Å². The van der Waals surface area contributed by atoms with Gasteiger partial charge in [-0.15, -0.1) is 0 Å². The average Bonchev–Trinajstić information content (AvgIpc) is 3.25. The van der Waals surface area contributed by atoms with Gasteiger partial charge in [-0.2, -0.15) is 5.26 Å². The van der Waals surface area contributed by atoms with Crippen molar-refractivity contribution in [3.05, 3.63) is 65.6 Å². The number of hydrogen-bond acceptors (Lipinski definition) is 6. The highest BCUT2D eigenvalue weighted by Gasteiger charge is 2.26. The first-order valence-electron chi connectivity index (χ1n) is 9.49. The van der Waals surface area contributed by atoms with Crippen LogP contribution in [0, 0.1) is 17.1 Å². The van der Waals surface area contributed by atoms with Gasteiger partial charge in [0.05, 0.1) is 34.0 Å². The molecule has 0 spiro atoms. The van der Waals surface area contributed by atoms with Crippen molar-refractivity contribution in [2.45, 2.75) is 12.5 Å². The van der Waals surface area contributed by atoms with E-state index < -0.39 is 5.82 Å². The van der Waals surface area contributed by atoms with Gasteiger partial charge in [-0.25, -0.2) is 9.37 Å². The maximum Gasteiger partial charge on any atom is 0.246 e. The van der Waals surface area contributed by atoms with Crippen molar-refractivity contribution in [3.8, 4) is 11.9 Å². The van der Waals surface area contributed by atoms with E-state index in [1.165, 1.54) is 24.4 Å². The number of rotatable bonds is 5. The number of anilines is 2. The summed E-state index contributed by atoms with van der Waals surface area (Å²) in [4.78, 5) is 22.2. The van der Waals surface area contributed by atoms with E-state index in [0.29, 0.717) is 42.1 Å². The Morgan fingerprint density at radius 1 is 1.42 bits per heavy atom. The number of pyridine rings is 2. The molecule has 1 atom stereocenters. The molecule has 1 amide bonds. The molecule has 4 rings (SSSR count). The van der Waals surface area contributed by atoms with E-state index in [1.54, 1.807) is 23.1 Å². The monoisotopic (exact) mass is 437 g/mol. The fourth-order valence-electron chi connectivity index (χ4n) is 3.38. The van der Waals surface area contributed by atoms with Crippen LogP contribution in [0.15, 0.2) is 49.2 Å². The minimum Gasteiger partial charge on any atom is -0.472 e. The van der Waals surface area contributed by atoms with E-state index in [4.69, 9.17) is 16.3 Å². The minimum absolute atomic E-state index is 0.0429. The van der Waals surface area contributed by atoms with Gasteiger partial charge in [0.2, 0.25) is 11.8 Å². The van der Waals surface area contributed by atoms with Gasteiger partial charge in [-0.05, 0) is 24.3 Å². The highest BCUT2D eigenvalue weighted by atomic mass is 35.5. The lowest BCUT2D eigenvalue weighted by Crippen LogP contribution is -2.29. The molecule has 31 heavy (non-hydrogen) atoms. The predicted molar refractivity (Wildman–Crippen MR) is 115 cm³/mol. The second-order valence-corrected chi connectivity index (χ2v) is 7.33. The number of nitrogens with one attached hydrogen (secondary N) is 1. The van der Waals surface area contributed by atoms with Crippen molar-refractivity contribution in [1.29, 1.82) is 5.26 Å². The zero-order chi connectivity index (χ0) is 22.0. The molecule has 1 unspecified atom stereocenters. The summed E-state index contributed by atoms with van der Waals surface area (Å²) in [5, 5.41) is 12.4. The molecule has 0 bridgehead atoms. The van der Waals surface area contributed by atoms with Crippen molar-refractivity contribution >= 4 is 39.9 Å². The lowest BCUT2D eigenvalue weighted by Gasteiger charge is -2.16. The highest BCUT2D eigenvalue weighted by molar-refractivity contribution is 6.31. The smallest absolute Gasteiger partial charge is 0.246 e. The van der Waals surface area contributed by atoms with Gasteiger partial charge in [-0.1, -0.05) is 24.2 Å². The summed E-state index contributed by atoms with van der Waals surface area (Å²) < 4.78 is 20.4. The van der Waals surface area contributed by atoms with Gasteiger partial charge < -0.3 is 15.0 Å². The van der Waals surface area contributed by atoms with Crippen LogP contribution in [0.4, 0.5) is 15.8 Å². The molecule has 7 nitrogen and oxygen atoms in total. The Bertz CT molecular complexity index is 1230. The molecule has 1 saturated heterocycles. The lowest BCUT2D eigenvalue weighted by atomic mass is 10.2. The second kappa shape index (κ2) is 8.58. The topological polar surface area (TPSA) is 91.1 Å². The third kappa shape index (κ3) is 4.13. The summed E-state index contributed by atoms with van der Waals surface area (Å²) in [6, 6.07) is 9.97. The summed E-state index contributed by atoms with van der Waals surface area (Å²) in [5.41, 5.74) is 1.47. The summed E-state index contributed by atoms with van der Waals surface area (Å²) in [6.07, 6.45) is 3.11. The van der Waals surface area contributed by atoms with Crippen molar-refractivity contribution in [1.82, 2.24) is 14.9 Å². The Labute approximate surface area is 182 Å². The largest absolute Gasteiger partial charge is 0.472 e.